The van der Waals surface area contributed by atoms with E-state index in [1.165, 1.54) is 16.7 Å². The van der Waals surface area contributed by atoms with E-state index in [9.17, 15) is 0 Å². The Balaban J connectivity index is 1.94. The molecule has 1 aromatic heterocycles. The van der Waals surface area contributed by atoms with E-state index in [4.69, 9.17) is 4.74 Å². The Kier molecular flexibility index (Phi) is 3.42. The van der Waals surface area contributed by atoms with Gasteiger partial charge in [0.1, 0.15) is 23.7 Å². The average molecular weight is 280 g/mol. The van der Waals surface area contributed by atoms with Gasteiger partial charge in [-0.1, -0.05) is 24.3 Å². The van der Waals surface area contributed by atoms with Crippen molar-refractivity contribution in [2.45, 2.75) is 27.4 Å². The highest BCUT2D eigenvalue weighted by molar-refractivity contribution is 5.82. The molecule has 2 aromatic carbocycles. The first-order valence-corrected chi connectivity index (χ1v) is 7.18. The molecule has 0 atom stereocenters. The third kappa shape index (κ3) is 2.40. The minimum absolute atomic E-state index is 0.577. The van der Waals surface area contributed by atoms with Crippen LogP contribution in [0.3, 0.4) is 0 Å². The predicted octanol–water partition coefficient (Wildman–Crippen LogP) is 4.08. The van der Waals surface area contributed by atoms with Gasteiger partial charge in [0.2, 0.25) is 0 Å². The molecule has 3 nitrogen and oxygen atoms in total. The molecule has 3 rings (SSSR count). The van der Waals surface area contributed by atoms with Crippen molar-refractivity contribution < 1.29 is 4.74 Å². The van der Waals surface area contributed by atoms with Crippen LogP contribution in [0.15, 0.2) is 36.4 Å². The first-order chi connectivity index (χ1) is 10.1. The van der Waals surface area contributed by atoms with Crippen molar-refractivity contribution in [2.75, 3.05) is 0 Å². The summed E-state index contributed by atoms with van der Waals surface area (Å²) >= 11 is 0. The summed E-state index contributed by atoms with van der Waals surface area (Å²) in [6, 6.07) is 12.4. The number of nitrogens with zero attached hydrogens (tertiary/aromatic N) is 2. The first kappa shape index (κ1) is 13.7. The van der Waals surface area contributed by atoms with Crippen LogP contribution in [0.4, 0.5) is 0 Å². The van der Waals surface area contributed by atoms with Crippen LogP contribution in [-0.2, 0) is 13.7 Å². The topological polar surface area (TPSA) is 27.1 Å². The second kappa shape index (κ2) is 5.24. The predicted molar refractivity (Wildman–Crippen MR) is 85.7 cm³/mol. The molecule has 3 heteroatoms. The molecule has 0 bridgehead atoms. The second-order valence-corrected chi connectivity index (χ2v) is 5.50. The molecule has 21 heavy (non-hydrogen) atoms. The van der Waals surface area contributed by atoms with Crippen LogP contribution in [0.25, 0.3) is 11.0 Å². The molecular weight excluding hydrogens is 260 g/mol. The van der Waals surface area contributed by atoms with Crippen molar-refractivity contribution >= 4 is 11.0 Å². The minimum Gasteiger partial charge on any atom is -0.487 e. The zero-order valence-corrected chi connectivity index (χ0v) is 13.0. The van der Waals surface area contributed by atoms with E-state index in [1.54, 1.807) is 0 Å². The smallest absolute Gasteiger partial charge is 0.147 e. The van der Waals surface area contributed by atoms with Crippen LogP contribution in [-0.4, -0.2) is 9.55 Å². The van der Waals surface area contributed by atoms with Gasteiger partial charge >= 0.3 is 0 Å². The Morgan fingerprint density at radius 2 is 1.67 bits per heavy atom. The summed E-state index contributed by atoms with van der Waals surface area (Å²) in [5.41, 5.74) is 5.82. The summed E-state index contributed by atoms with van der Waals surface area (Å²) < 4.78 is 8.14. The summed E-state index contributed by atoms with van der Waals surface area (Å²) in [6.45, 7) is 6.83. The third-order valence-electron chi connectivity index (χ3n) is 4.11. The molecule has 0 aliphatic carbocycles. The Bertz CT molecular complexity index is 782. The fraction of sp³-hybridized carbons (Fsp3) is 0.278. The number of ether oxygens (including phenoxy) is 1. The zero-order valence-electron chi connectivity index (χ0n) is 13.0. The minimum atomic E-state index is 0.577. The van der Waals surface area contributed by atoms with Crippen LogP contribution in [0.5, 0.6) is 5.75 Å². The molecule has 108 valence electrons. The maximum absolute atomic E-state index is 6.06. The molecule has 0 saturated heterocycles. The summed E-state index contributed by atoms with van der Waals surface area (Å²) in [5, 5.41) is 0. The molecule has 0 fully saturated rings. The van der Waals surface area contributed by atoms with E-state index in [2.05, 4.69) is 47.7 Å². The number of hydrogen-bond donors (Lipinski definition) is 0. The number of hydrogen-bond acceptors (Lipinski definition) is 2. The summed E-state index contributed by atoms with van der Waals surface area (Å²) in [5.74, 6) is 1.84. The quantitative estimate of drug-likeness (QED) is 0.723. The molecule has 0 radical (unpaired) electrons. The van der Waals surface area contributed by atoms with E-state index in [1.807, 2.05) is 26.1 Å². The van der Waals surface area contributed by atoms with E-state index >= 15 is 0 Å². The summed E-state index contributed by atoms with van der Waals surface area (Å²) in [4.78, 5) is 4.61. The van der Waals surface area contributed by atoms with Gasteiger partial charge in [-0.2, -0.15) is 0 Å². The highest BCUT2D eigenvalue weighted by atomic mass is 16.5. The number of rotatable bonds is 3. The number of aryl methyl sites for hydroxylation is 4. The number of benzene rings is 2. The Labute approximate surface area is 125 Å². The van der Waals surface area contributed by atoms with Crippen LogP contribution >= 0.6 is 0 Å². The van der Waals surface area contributed by atoms with Crippen LogP contribution in [0.2, 0.25) is 0 Å². The Morgan fingerprint density at radius 1 is 1.00 bits per heavy atom. The van der Waals surface area contributed by atoms with Crippen molar-refractivity contribution in [1.82, 2.24) is 9.55 Å². The molecule has 1 heterocycles. The van der Waals surface area contributed by atoms with Crippen molar-refractivity contribution in [3.05, 3.63) is 58.9 Å². The van der Waals surface area contributed by atoms with E-state index in [0.29, 0.717) is 6.61 Å². The summed E-state index contributed by atoms with van der Waals surface area (Å²) in [7, 11) is 2.03. The highest BCUT2D eigenvalue weighted by Crippen LogP contribution is 2.26. The van der Waals surface area contributed by atoms with Gasteiger partial charge in [0.15, 0.2) is 0 Å². The van der Waals surface area contributed by atoms with Gasteiger partial charge in [-0.3, -0.25) is 0 Å². The number of aromatic nitrogens is 2. The molecule has 0 amide bonds. The third-order valence-corrected chi connectivity index (χ3v) is 4.11. The Morgan fingerprint density at radius 3 is 2.38 bits per heavy atom. The average Bonchev–Trinajstić information content (AvgIpc) is 2.75. The molecule has 0 aliphatic rings. The lowest BCUT2D eigenvalue weighted by atomic mass is 10.0. The fourth-order valence-electron chi connectivity index (χ4n) is 2.65. The van der Waals surface area contributed by atoms with Gasteiger partial charge in [0.25, 0.3) is 0 Å². The molecule has 0 unspecified atom stereocenters. The summed E-state index contributed by atoms with van der Waals surface area (Å²) in [6.07, 6.45) is 0. The maximum Gasteiger partial charge on any atom is 0.147 e. The first-order valence-electron chi connectivity index (χ1n) is 7.18. The van der Waals surface area contributed by atoms with Crippen LogP contribution < -0.4 is 4.74 Å². The van der Waals surface area contributed by atoms with Crippen LogP contribution in [0.1, 0.15) is 22.5 Å². The van der Waals surface area contributed by atoms with Crippen molar-refractivity contribution in [1.29, 1.82) is 0 Å². The van der Waals surface area contributed by atoms with E-state index in [0.717, 1.165) is 22.6 Å². The van der Waals surface area contributed by atoms with Gasteiger partial charge in [0, 0.05) is 7.05 Å². The maximum atomic E-state index is 6.06. The molecule has 0 N–H and O–H groups in total. The molecule has 3 aromatic rings. The zero-order chi connectivity index (χ0) is 15.0. The lowest BCUT2D eigenvalue weighted by Crippen LogP contribution is -2.01. The highest BCUT2D eigenvalue weighted by Gasteiger charge is 2.10. The lowest BCUT2D eigenvalue weighted by molar-refractivity contribution is 0.308. The monoisotopic (exact) mass is 280 g/mol. The van der Waals surface area contributed by atoms with Crippen LogP contribution in [0, 0.1) is 20.8 Å². The normalized spacial score (nSPS) is 11.0. The van der Waals surface area contributed by atoms with Gasteiger partial charge in [-0.25, -0.2) is 4.98 Å². The molecule has 0 aliphatic heterocycles. The molecular formula is C18H20N2O. The molecule has 0 saturated carbocycles. The largest absolute Gasteiger partial charge is 0.487 e. The van der Waals surface area contributed by atoms with Gasteiger partial charge in [0.05, 0.1) is 5.52 Å². The van der Waals surface area contributed by atoms with Crippen molar-refractivity contribution in [3.8, 4) is 5.75 Å². The van der Waals surface area contributed by atoms with E-state index in [-0.39, 0.29) is 0 Å². The Hall–Kier alpha value is -2.29. The second-order valence-electron chi connectivity index (χ2n) is 5.50. The SMILES string of the molecule is Cc1cccc(C)c1COc1cccc2c1nc(C)n2C. The van der Waals surface area contributed by atoms with Crippen molar-refractivity contribution in [2.24, 2.45) is 7.05 Å². The number of para-hydroxylation sites is 1. The van der Waals surface area contributed by atoms with E-state index < -0.39 is 0 Å². The molecule has 0 spiro atoms. The standard InChI is InChI=1S/C18H20N2O/c1-12-7-5-8-13(2)15(12)11-21-17-10-6-9-16-18(17)19-14(3)20(16)4/h5-10H,11H2,1-4H3. The van der Waals surface area contributed by atoms with Gasteiger partial charge in [-0.05, 0) is 49.6 Å². The number of imidazole rings is 1. The van der Waals surface area contributed by atoms with Gasteiger partial charge < -0.3 is 9.30 Å². The lowest BCUT2D eigenvalue weighted by Gasteiger charge is -2.11. The fourth-order valence-corrected chi connectivity index (χ4v) is 2.65. The van der Waals surface area contributed by atoms with Crippen molar-refractivity contribution in [3.63, 3.8) is 0 Å². The van der Waals surface area contributed by atoms with Gasteiger partial charge in [-0.15, -0.1) is 0 Å². The number of fused-ring (bicyclic) bond motifs is 1.